The number of fused-ring (bicyclic) bond motifs is 2. The molecule has 120 valence electrons. The zero-order valence-electron chi connectivity index (χ0n) is 13.7. The van der Waals surface area contributed by atoms with Crippen molar-refractivity contribution < 1.29 is 9.53 Å². The molecule has 24 heavy (non-hydrogen) atoms. The lowest BCUT2D eigenvalue weighted by molar-refractivity contribution is 0.0984. The van der Waals surface area contributed by atoms with Gasteiger partial charge in [0.05, 0.1) is 7.11 Å². The van der Waals surface area contributed by atoms with Crippen molar-refractivity contribution >= 4 is 22.4 Å². The van der Waals surface area contributed by atoms with Crippen LogP contribution in [0.25, 0.3) is 10.8 Å². The first-order valence-electron chi connectivity index (χ1n) is 8.02. The van der Waals surface area contributed by atoms with E-state index in [0.29, 0.717) is 18.1 Å². The van der Waals surface area contributed by atoms with Crippen molar-refractivity contribution in [3.05, 3.63) is 65.4 Å². The highest BCUT2D eigenvalue weighted by molar-refractivity contribution is 6.08. The van der Waals surface area contributed by atoms with E-state index >= 15 is 0 Å². The van der Waals surface area contributed by atoms with Crippen molar-refractivity contribution in [1.29, 1.82) is 0 Å². The number of rotatable bonds is 2. The van der Waals surface area contributed by atoms with Crippen LogP contribution in [0.5, 0.6) is 5.88 Å². The second kappa shape index (κ2) is 5.64. The average molecular weight is 318 g/mol. The predicted molar refractivity (Wildman–Crippen MR) is 94.9 cm³/mol. The monoisotopic (exact) mass is 318 g/mol. The first-order chi connectivity index (χ1) is 11.7. The molecule has 3 aromatic rings. The summed E-state index contributed by atoms with van der Waals surface area (Å²) in [6.07, 6.45) is 0.881. The lowest BCUT2D eigenvalue weighted by Crippen LogP contribution is -2.29. The van der Waals surface area contributed by atoms with Crippen LogP contribution in [0.1, 0.15) is 21.6 Å². The van der Waals surface area contributed by atoms with Crippen molar-refractivity contribution in [2.24, 2.45) is 0 Å². The SMILES string of the molecule is COc1nc(C(=O)N2CCc3ccc(C)cc32)cc2ccccc12. The summed E-state index contributed by atoms with van der Waals surface area (Å²) >= 11 is 0. The van der Waals surface area contributed by atoms with E-state index in [1.165, 1.54) is 5.56 Å². The van der Waals surface area contributed by atoms with Crippen LogP contribution < -0.4 is 9.64 Å². The maximum atomic E-state index is 13.0. The normalized spacial score (nSPS) is 13.2. The van der Waals surface area contributed by atoms with Crippen molar-refractivity contribution in [3.63, 3.8) is 0 Å². The number of methoxy groups -OCH3 is 1. The van der Waals surface area contributed by atoms with Gasteiger partial charge in [0.2, 0.25) is 5.88 Å². The molecule has 0 unspecified atom stereocenters. The first-order valence-corrected chi connectivity index (χ1v) is 8.02. The Morgan fingerprint density at radius 3 is 2.83 bits per heavy atom. The van der Waals surface area contributed by atoms with E-state index in [1.807, 2.05) is 42.2 Å². The van der Waals surface area contributed by atoms with E-state index in [0.717, 1.165) is 28.4 Å². The van der Waals surface area contributed by atoms with Gasteiger partial charge in [0.15, 0.2) is 0 Å². The Labute approximate surface area is 140 Å². The second-order valence-corrected chi connectivity index (χ2v) is 6.08. The van der Waals surface area contributed by atoms with E-state index in [2.05, 4.69) is 23.2 Å². The highest BCUT2D eigenvalue weighted by atomic mass is 16.5. The number of aryl methyl sites for hydroxylation is 1. The summed E-state index contributed by atoms with van der Waals surface area (Å²) in [4.78, 5) is 19.3. The quantitative estimate of drug-likeness (QED) is 0.722. The summed E-state index contributed by atoms with van der Waals surface area (Å²) in [5, 5.41) is 1.87. The van der Waals surface area contributed by atoms with Gasteiger partial charge < -0.3 is 9.64 Å². The molecule has 0 bridgehead atoms. The Balaban J connectivity index is 1.79. The molecule has 0 N–H and O–H groups in total. The molecular formula is C20H18N2O2. The summed E-state index contributed by atoms with van der Waals surface area (Å²) < 4.78 is 5.39. The van der Waals surface area contributed by atoms with Crippen LogP contribution in [0.3, 0.4) is 0 Å². The van der Waals surface area contributed by atoms with Crippen LogP contribution in [0.15, 0.2) is 48.5 Å². The summed E-state index contributed by atoms with van der Waals surface area (Å²) in [6.45, 7) is 2.73. The van der Waals surface area contributed by atoms with E-state index in [-0.39, 0.29) is 5.91 Å². The minimum atomic E-state index is -0.0802. The van der Waals surface area contributed by atoms with Crippen LogP contribution in [0, 0.1) is 6.92 Å². The van der Waals surface area contributed by atoms with Gasteiger partial charge in [0, 0.05) is 17.6 Å². The number of ether oxygens (including phenoxy) is 1. The number of carbonyl (C=O) groups excluding carboxylic acids is 1. The van der Waals surface area contributed by atoms with Crippen molar-refractivity contribution in [3.8, 4) is 5.88 Å². The van der Waals surface area contributed by atoms with E-state index in [1.54, 1.807) is 7.11 Å². The van der Waals surface area contributed by atoms with Crippen molar-refractivity contribution in [2.45, 2.75) is 13.3 Å². The Kier molecular flexibility index (Phi) is 3.45. The predicted octanol–water partition coefficient (Wildman–Crippen LogP) is 3.75. The standard InChI is InChI=1S/C20H18N2O2/c1-13-7-8-14-9-10-22(18(14)11-13)20(23)17-12-15-5-3-4-6-16(15)19(21-17)24-2/h3-8,11-12H,9-10H2,1-2H3. The Morgan fingerprint density at radius 2 is 2.00 bits per heavy atom. The molecule has 2 heterocycles. The number of nitrogens with zero attached hydrogens (tertiary/aromatic N) is 2. The van der Waals surface area contributed by atoms with Gasteiger partial charge in [0.25, 0.3) is 5.91 Å². The number of benzene rings is 2. The molecule has 4 nitrogen and oxygen atoms in total. The fourth-order valence-corrected chi connectivity index (χ4v) is 3.27. The molecule has 4 heteroatoms. The van der Waals surface area contributed by atoms with Gasteiger partial charge in [-0.05, 0) is 48.1 Å². The third-order valence-corrected chi connectivity index (χ3v) is 4.50. The van der Waals surface area contributed by atoms with Gasteiger partial charge in [-0.2, -0.15) is 0 Å². The van der Waals surface area contributed by atoms with Crippen LogP contribution in [-0.4, -0.2) is 24.5 Å². The van der Waals surface area contributed by atoms with Gasteiger partial charge in [-0.15, -0.1) is 0 Å². The third kappa shape index (κ3) is 2.31. The maximum absolute atomic E-state index is 13.0. The molecule has 0 aliphatic carbocycles. The Morgan fingerprint density at radius 1 is 1.17 bits per heavy atom. The van der Waals surface area contributed by atoms with Gasteiger partial charge >= 0.3 is 0 Å². The fourth-order valence-electron chi connectivity index (χ4n) is 3.27. The zero-order chi connectivity index (χ0) is 16.7. The number of pyridine rings is 1. The maximum Gasteiger partial charge on any atom is 0.277 e. The second-order valence-electron chi connectivity index (χ2n) is 6.08. The van der Waals surface area contributed by atoms with Crippen LogP contribution in [0.2, 0.25) is 0 Å². The summed E-state index contributed by atoms with van der Waals surface area (Å²) in [5.74, 6) is 0.406. The largest absolute Gasteiger partial charge is 0.481 e. The molecule has 0 atom stereocenters. The molecule has 1 aliphatic heterocycles. The number of aromatic nitrogens is 1. The number of carbonyl (C=O) groups is 1. The van der Waals surface area contributed by atoms with Crippen LogP contribution >= 0.6 is 0 Å². The summed E-state index contributed by atoms with van der Waals surface area (Å²) in [7, 11) is 1.58. The van der Waals surface area contributed by atoms with Gasteiger partial charge in [-0.1, -0.05) is 30.3 Å². The molecule has 0 radical (unpaired) electrons. The molecule has 4 rings (SSSR count). The number of anilines is 1. The Bertz CT molecular complexity index is 950. The lowest BCUT2D eigenvalue weighted by atomic mass is 10.1. The van der Waals surface area contributed by atoms with E-state index in [4.69, 9.17) is 4.74 Å². The molecular weight excluding hydrogens is 300 g/mol. The minimum absolute atomic E-state index is 0.0802. The highest BCUT2D eigenvalue weighted by Crippen LogP contribution is 2.31. The third-order valence-electron chi connectivity index (χ3n) is 4.50. The number of amides is 1. The van der Waals surface area contributed by atoms with Gasteiger partial charge in [-0.25, -0.2) is 4.98 Å². The fraction of sp³-hybridized carbons (Fsp3) is 0.200. The van der Waals surface area contributed by atoms with Crippen molar-refractivity contribution in [2.75, 3.05) is 18.6 Å². The van der Waals surface area contributed by atoms with Crippen molar-refractivity contribution in [1.82, 2.24) is 4.98 Å². The highest BCUT2D eigenvalue weighted by Gasteiger charge is 2.27. The molecule has 1 aliphatic rings. The molecule has 0 fully saturated rings. The van der Waals surface area contributed by atoms with Gasteiger partial charge in [0.1, 0.15) is 5.69 Å². The number of hydrogen-bond donors (Lipinski definition) is 0. The first kappa shape index (κ1) is 14.7. The topological polar surface area (TPSA) is 42.4 Å². The van der Waals surface area contributed by atoms with E-state index in [9.17, 15) is 4.79 Å². The molecule has 0 saturated carbocycles. The van der Waals surface area contributed by atoms with E-state index < -0.39 is 0 Å². The molecule has 1 aromatic heterocycles. The average Bonchev–Trinajstić information content (AvgIpc) is 3.03. The zero-order valence-corrected chi connectivity index (χ0v) is 13.7. The number of hydrogen-bond acceptors (Lipinski definition) is 3. The lowest BCUT2D eigenvalue weighted by Gasteiger charge is -2.18. The minimum Gasteiger partial charge on any atom is -0.481 e. The molecule has 0 saturated heterocycles. The summed E-state index contributed by atoms with van der Waals surface area (Å²) in [5.41, 5.74) is 3.77. The van der Waals surface area contributed by atoms with Crippen LogP contribution in [0.4, 0.5) is 5.69 Å². The molecule has 0 spiro atoms. The smallest absolute Gasteiger partial charge is 0.277 e. The summed E-state index contributed by atoms with van der Waals surface area (Å²) in [6, 6.07) is 15.9. The van der Waals surface area contributed by atoms with Gasteiger partial charge in [-0.3, -0.25) is 4.79 Å². The molecule has 2 aromatic carbocycles. The van der Waals surface area contributed by atoms with Crippen LogP contribution in [-0.2, 0) is 6.42 Å². The Hall–Kier alpha value is -2.88. The molecule has 1 amide bonds.